The molecule has 1 amide bonds. The molecule has 7 heteroatoms. The lowest BCUT2D eigenvalue weighted by Crippen LogP contribution is -2.38. The summed E-state index contributed by atoms with van der Waals surface area (Å²) in [6.45, 7) is 1.51. The molecule has 2 aromatic carbocycles. The van der Waals surface area contributed by atoms with Crippen LogP contribution in [0.15, 0.2) is 36.4 Å². The Balaban J connectivity index is 1.41. The van der Waals surface area contributed by atoms with E-state index in [-0.39, 0.29) is 5.91 Å². The van der Waals surface area contributed by atoms with Gasteiger partial charge in [0.15, 0.2) is 11.5 Å². The Morgan fingerprint density at radius 1 is 1.07 bits per heavy atom. The number of nitrogens with zero attached hydrogens (tertiary/aromatic N) is 2. The number of benzene rings is 2. The second-order valence-corrected chi connectivity index (χ2v) is 8.45. The number of carbonyl (C=O) groups is 1. The molecule has 2 heterocycles. The van der Waals surface area contributed by atoms with Crippen molar-refractivity contribution in [2.45, 2.75) is 25.2 Å². The summed E-state index contributed by atoms with van der Waals surface area (Å²) in [5, 5.41) is 1.19. The van der Waals surface area contributed by atoms with Crippen LogP contribution in [0.3, 0.4) is 0 Å². The molecule has 1 aromatic heterocycles. The molecule has 1 fully saturated rings. The van der Waals surface area contributed by atoms with Gasteiger partial charge in [-0.25, -0.2) is 4.98 Å². The van der Waals surface area contributed by atoms with Crippen molar-refractivity contribution in [3.8, 4) is 17.2 Å². The minimum absolute atomic E-state index is 0.118. The van der Waals surface area contributed by atoms with Gasteiger partial charge in [-0.1, -0.05) is 12.1 Å². The van der Waals surface area contributed by atoms with Crippen LogP contribution in [0.25, 0.3) is 10.2 Å². The number of aromatic nitrogens is 1. The quantitative estimate of drug-likeness (QED) is 0.589. The molecule has 0 N–H and O–H groups in total. The van der Waals surface area contributed by atoms with Crippen molar-refractivity contribution in [3.63, 3.8) is 0 Å². The monoisotopic (exact) mass is 426 g/mol. The smallest absolute Gasteiger partial charge is 0.226 e. The molecule has 0 bridgehead atoms. The van der Waals surface area contributed by atoms with E-state index in [4.69, 9.17) is 19.2 Å². The Hall–Kier alpha value is -2.80. The Kier molecular flexibility index (Phi) is 6.08. The van der Waals surface area contributed by atoms with Gasteiger partial charge < -0.3 is 19.1 Å². The fourth-order valence-electron chi connectivity index (χ4n) is 3.96. The van der Waals surface area contributed by atoms with E-state index in [1.165, 1.54) is 9.71 Å². The zero-order chi connectivity index (χ0) is 21.1. The van der Waals surface area contributed by atoms with Gasteiger partial charge in [0.1, 0.15) is 0 Å². The van der Waals surface area contributed by atoms with E-state index in [2.05, 4.69) is 18.2 Å². The molecular formula is C23H26N2O4S. The number of piperidine rings is 1. The highest BCUT2D eigenvalue weighted by atomic mass is 32.1. The lowest BCUT2D eigenvalue weighted by Gasteiger charge is -2.31. The largest absolute Gasteiger partial charge is 0.493 e. The molecule has 0 aliphatic carbocycles. The Morgan fingerprint density at radius 3 is 2.33 bits per heavy atom. The summed E-state index contributed by atoms with van der Waals surface area (Å²) in [5.74, 6) is 2.20. The zero-order valence-electron chi connectivity index (χ0n) is 17.5. The van der Waals surface area contributed by atoms with Crippen LogP contribution in [0.1, 0.15) is 29.3 Å². The van der Waals surface area contributed by atoms with E-state index in [0.717, 1.165) is 37.0 Å². The van der Waals surface area contributed by atoms with E-state index in [1.807, 2.05) is 23.1 Å². The van der Waals surface area contributed by atoms with Crippen LogP contribution < -0.4 is 14.2 Å². The van der Waals surface area contributed by atoms with E-state index in [0.29, 0.717) is 29.6 Å². The molecule has 4 rings (SSSR count). The molecule has 1 aliphatic heterocycles. The van der Waals surface area contributed by atoms with Crippen LogP contribution in [0.2, 0.25) is 0 Å². The van der Waals surface area contributed by atoms with Gasteiger partial charge in [0, 0.05) is 19.0 Å². The molecule has 0 saturated carbocycles. The molecule has 6 nitrogen and oxygen atoms in total. The number of hydrogen-bond donors (Lipinski definition) is 0. The summed E-state index contributed by atoms with van der Waals surface area (Å²) >= 11 is 1.77. The van der Waals surface area contributed by atoms with Crippen LogP contribution >= 0.6 is 11.3 Å². The lowest BCUT2D eigenvalue weighted by molar-refractivity contribution is -0.131. The second-order valence-electron chi connectivity index (χ2n) is 7.39. The Bertz CT molecular complexity index is 983. The number of ether oxygens (including phenoxy) is 3. The summed E-state index contributed by atoms with van der Waals surface area (Å²) in [7, 11) is 4.73. The summed E-state index contributed by atoms with van der Waals surface area (Å²) in [5.41, 5.74) is 1.92. The topological polar surface area (TPSA) is 60.9 Å². The van der Waals surface area contributed by atoms with Crippen LogP contribution in [0, 0.1) is 0 Å². The van der Waals surface area contributed by atoms with Crippen molar-refractivity contribution in [3.05, 3.63) is 47.0 Å². The summed E-state index contributed by atoms with van der Waals surface area (Å²) in [6.07, 6.45) is 2.20. The van der Waals surface area contributed by atoms with Crippen LogP contribution in [-0.4, -0.2) is 50.2 Å². The third-order valence-corrected chi connectivity index (χ3v) is 6.79. The summed E-state index contributed by atoms with van der Waals surface area (Å²) in [6, 6.07) is 11.9. The van der Waals surface area contributed by atoms with Crippen LogP contribution in [0.5, 0.6) is 17.2 Å². The molecule has 0 atom stereocenters. The average molecular weight is 427 g/mol. The van der Waals surface area contributed by atoms with Crippen LogP contribution in [-0.2, 0) is 11.2 Å². The Labute approximate surface area is 180 Å². The molecule has 30 heavy (non-hydrogen) atoms. The molecule has 0 radical (unpaired) electrons. The third kappa shape index (κ3) is 4.07. The average Bonchev–Trinajstić information content (AvgIpc) is 3.22. The number of methoxy groups -OCH3 is 3. The fraction of sp³-hybridized carbons (Fsp3) is 0.391. The molecular weight excluding hydrogens is 400 g/mol. The number of carbonyl (C=O) groups excluding carboxylic acids is 1. The van der Waals surface area contributed by atoms with Gasteiger partial charge in [0.05, 0.1) is 43.0 Å². The first-order valence-electron chi connectivity index (χ1n) is 10.0. The molecule has 3 aromatic rings. The molecule has 1 aliphatic rings. The second kappa shape index (κ2) is 8.92. The first kappa shape index (κ1) is 20.5. The number of para-hydroxylation sites is 1. The highest BCUT2D eigenvalue weighted by Crippen LogP contribution is 2.39. The zero-order valence-corrected chi connectivity index (χ0v) is 18.3. The maximum Gasteiger partial charge on any atom is 0.226 e. The fourth-order valence-corrected chi connectivity index (χ4v) is 5.10. The van der Waals surface area contributed by atoms with Crippen molar-refractivity contribution < 1.29 is 19.0 Å². The number of likely N-dealkylation sites (tertiary alicyclic amines) is 1. The molecule has 0 spiro atoms. The summed E-state index contributed by atoms with van der Waals surface area (Å²) in [4.78, 5) is 19.7. The SMILES string of the molecule is COc1cc(CC(=O)N2CCC(c3nc4ccccc4s3)CC2)cc(OC)c1OC. The predicted octanol–water partition coefficient (Wildman–Crippen LogP) is 4.27. The lowest BCUT2D eigenvalue weighted by atomic mass is 9.97. The number of amides is 1. The van der Waals surface area contributed by atoms with Gasteiger partial charge in [0.2, 0.25) is 11.7 Å². The number of fused-ring (bicyclic) bond motifs is 1. The number of thiazole rings is 1. The predicted molar refractivity (Wildman–Crippen MR) is 118 cm³/mol. The van der Waals surface area contributed by atoms with E-state index in [9.17, 15) is 4.79 Å². The summed E-state index contributed by atoms with van der Waals surface area (Å²) < 4.78 is 17.4. The van der Waals surface area contributed by atoms with Crippen molar-refractivity contribution in [1.82, 2.24) is 9.88 Å². The molecule has 158 valence electrons. The van der Waals surface area contributed by atoms with Gasteiger partial charge in [-0.15, -0.1) is 11.3 Å². The first-order chi connectivity index (χ1) is 14.6. The minimum atomic E-state index is 0.118. The molecule has 0 unspecified atom stereocenters. The first-order valence-corrected chi connectivity index (χ1v) is 10.9. The van der Waals surface area contributed by atoms with Gasteiger partial charge in [-0.2, -0.15) is 0 Å². The maximum atomic E-state index is 12.9. The van der Waals surface area contributed by atoms with Crippen molar-refractivity contribution in [2.75, 3.05) is 34.4 Å². The van der Waals surface area contributed by atoms with E-state index in [1.54, 1.807) is 32.7 Å². The van der Waals surface area contributed by atoms with Crippen molar-refractivity contribution >= 4 is 27.5 Å². The van der Waals surface area contributed by atoms with E-state index >= 15 is 0 Å². The van der Waals surface area contributed by atoms with Gasteiger partial charge in [-0.3, -0.25) is 4.79 Å². The standard InChI is InChI=1S/C23H26N2O4S/c1-27-18-12-15(13-19(28-2)22(18)29-3)14-21(26)25-10-8-16(9-11-25)23-24-17-6-4-5-7-20(17)30-23/h4-7,12-13,16H,8-11,14H2,1-3H3. The number of hydrogen-bond acceptors (Lipinski definition) is 6. The minimum Gasteiger partial charge on any atom is -0.493 e. The van der Waals surface area contributed by atoms with E-state index < -0.39 is 0 Å². The molecule has 1 saturated heterocycles. The maximum absolute atomic E-state index is 12.9. The third-order valence-electron chi connectivity index (χ3n) is 5.59. The van der Waals surface area contributed by atoms with Gasteiger partial charge >= 0.3 is 0 Å². The van der Waals surface area contributed by atoms with Crippen LogP contribution in [0.4, 0.5) is 0 Å². The Morgan fingerprint density at radius 2 is 1.73 bits per heavy atom. The highest BCUT2D eigenvalue weighted by Gasteiger charge is 2.26. The van der Waals surface area contributed by atoms with Crippen molar-refractivity contribution in [1.29, 1.82) is 0 Å². The highest BCUT2D eigenvalue weighted by molar-refractivity contribution is 7.18. The van der Waals surface area contributed by atoms with Gasteiger partial charge in [0.25, 0.3) is 0 Å². The van der Waals surface area contributed by atoms with Crippen molar-refractivity contribution in [2.24, 2.45) is 0 Å². The normalized spacial score (nSPS) is 14.7. The number of rotatable bonds is 6. The van der Waals surface area contributed by atoms with Gasteiger partial charge in [-0.05, 0) is 42.7 Å².